The molecule has 0 aromatic heterocycles. The predicted molar refractivity (Wildman–Crippen MR) is 58.7 cm³/mol. The molecule has 0 amide bonds. The van der Waals surface area contributed by atoms with E-state index < -0.39 is 17.9 Å². The molecule has 2 aliphatic carbocycles. The first kappa shape index (κ1) is 9.95. The van der Waals surface area contributed by atoms with E-state index in [0.29, 0.717) is 0 Å². The van der Waals surface area contributed by atoms with Gasteiger partial charge in [0.2, 0.25) is 0 Å². The van der Waals surface area contributed by atoms with Crippen molar-refractivity contribution < 1.29 is 17.9 Å². The van der Waals surface area contributed by atoms with Crippen molar-refractivity contribution >= 4 is 0 Å². The average molecular weight is 219 g/mol. The third-order valence-electron chi connectivity index (χ3n) is 2.67. The maximum atomic E-state index is 3.89. The van der Waals surface area contributed by atoms with Gasteiger partial charge in [0.15, 0.2) is 0 Å². The molecule has 0 atom stereocenters. The van der Waals surface area contributed by atoms with Crippen LogP contribution < -0.4 is 0 Å². The molecule has 0 bridgehead atoms. The summed E-state index contributed by atoms with van der Waals surface area (Å²) in [7, 11) is 0. The van der Waals surface area contributed by atoms with E-state index in [2.05, 4.69) is 49.1 Å². The van der Waals surface area contributed by atoms with E-state index in [1.807, 2.05) is 0 Å². The Morgan fingerprint density at radius 1 is 1.14 bits per heavy atom. The van der Waals surface area contributed by atoms with E-state index in [9.17, 15) is 0 Å². The summed E-state index contributed by atoms with van der Waals surface area (Å²) in [5, 5.41) is 0. The second-order valence-corrected chi connectivity index (χ2v) is 7.76. The molecule has 1 heteroatoms. The molecular formula is C13H15Ti. The zero-order valence-corrected chi connectivity index (χ0v) is 9.93. The molecule has 0 saturated heterocycles. The van der Waals surface area contributed by atoms with Gasteiger partial charge < -0.3 is 0 Å². The molecule has 0 heterocycles. The van der Waals surface area contributed by atoms with Gasteiger partial charge in [-0.2, -0.15) is 0 Å². The van der Waals surface area contributed by atoms with Gasteiger partial charge in [-0.3, -0.25) is 0 Å². The number of allylic oxidation sites excluding steroid dienone is 9. The van der Waals surface area contributed by atoms with Crippen LogP contribution in [0.4, 0.5) is 0 Å². The molecule has 0 saturated carbocycles. The summed E-state index contributed by atoms with van der Waals surface area (Å²) >= 11 is -1.15. The SMILES string of the molecule is C=C[CH2][Ti]([C]1=CC=CC1)[C]1=CC=CC1. The molecule has 2 aliphatic rings. The Morgan fingerprint density at radius 2 is 1.71 bits per heavy atom. The van der Waals surface area contributed by atoms with E-state index in [0.717, 1.165) is 0 Å². The molecular weight excluding hydrogens is 204 g/mol. The Labute approximate surface area is 92.2 Å². The molecule has 0 aromatic rings. The van der Waals surface area contributed by atoms with Crippen molar-refractivity contribution in [1.82, 2.24) is 0 Å². The van der Waals surface area contributed by atoms with Gasteiger partial charge in [-0.15, -0.1) is 0 Å². The van der Waals surface area contributed by atoms with Gasteiger partial charge in [-0.1, -0.05) is 0 Å². The molecule has 0 radical (unpaired) electrons. The third-order valence-corrected chi connectivity index (χ3v) is 7.33. The molecule has 0 aromatic carbocycles. The Bertz CT molecular complexity index is 312. The summed E-state index contributed by atoms with van der Waals surface area (Å²) in [5.41, 5.74) is 0. The fourth-order valence-corrected chi connectivity index (χ4v) is 5.93. The van der Waals surface area contributed by atoms with Crippen LogP contribution in [0.5, 0.6) is 0 Å². The predicted octanol–water partition coefficient (Wildman–Crippen LogP) is 3.90. The molecule has 0 aliphatic heterocycles. The molecule has 0 N–H and O–H groups in total. The standard InChI is InChI=1S/2C5H5.C3H5.Ti/c2*1-2-4-5-3-1;1-3-2;/h2*1-3H,4H2;3H,1-2H2;. The summed E-state index contributed by atoms with van der Waals surface area (Å²) in [4.78, 5) is 0. The van der Waals surface area contributed by atoms with Crippen LogP contribution in [-0.2, 0) is 17.9 Å². The van der Waals surface area contributed by atoms with Crippen molar-refractivity contribution in [3.05, 3.63) is 56.9 Å². The van der Waals surface area contributed by atoms with Crippen molar-refractivity contribution in [1.29, 1.82) is 0 Å². The van der Waals surface area contributed by atoms with Gasteiger partial charge in [0.05, 0.1) is 0 Å². The van der Waals surface area contributed by atoms with Crippen LogP contribution in [0.15, 0.2) is 56.9 Å². The second kappa shape index (κ2) is 4.77. The molecule has 0 nitrogen and oxygen atoms in total. The number of hydrogen-bond donors (Lipinski definition) is 0. The van der Waals surface area contributed by atoms with Crippen molar-refractivity contribution in [3.63, 3.8) is 0 Å². The van der Waals surface area contributed by atoms with Crippen molar-refractivity contribution in [3.8, 4) is 0 Å². The first-order valence-electron chi connectivity index (χ1n) is 5.10. The number of rotatable bonds is 4. The zero-order valence-electron chi connectivity index (χ0n) is 8.37. The Kier molecular flexibility index (Phi) is 3.39. The molecule has 71 valence electrons. The van der Waals surface area contributed by atoms with Crippen LogP contribution in [0, 0.1) is 0 Å². The fourth-order valence-electron chi connectivity index (χ4n) is 1.95. The van der Waals surface area contributed by atoms with Crippen LogP contribution in [0.3, 0.4) is 0 Å². The minimum atomic E-state index is -1.15. The van der Waals surface area contributed by atoms with Gasteiger partial charge in [-0.05, 0) is 0 Å². The monoisotopic (exact) mass is 219 g/mol. The second-order valence-electron chi connectivity index (χ2n) is 3.62. The fraction of sp³-hybridized carbons (Fsp3) is 0.231. The van der Waals surface area contributed by atoms with Crippen LogP contribution in [0.25, 0.3) is 0 Å². The molecule has 2 rings (SSSR count). The van der Waals surface area contributed by atoms with Gasteiger partial charge >= 0.3 is 92.3 Å². The van der Waals surface area contributed by atoms with E-state index in [4.69, 9.17) is 0 Å². The normalized spacial score (nSPS) is 18.3. The van der Waals surface area contributed by atoms with Crippen molar-refractivity contribution in [2.45, 2.75) is 17.6 Å². The molecule has 0 unspecified atom stereocenters. The first-order chi connectivity index (χ1) is 6.92. The Hall–Kier alpha value is -0.586. The van der Waals surface area contributed by atoms with Crippen molar-refractivity contribution in [2.75, 3.05) is 0 Å². The maximum absolute atomic E-state index is 3.89. The van der Waals surface area contributed by atoms with Gasteiger partial charge in [0.1, 0.15) is 0 Å². The summed E-state index contributed by atoms with van der Waals surface area (Å²) in [6.07, 6.45) is 18.1. The summed E-state index contributed by atoms with van der Waals surface area (Å²) in [6.45, 7) is 3.89. The first-order valence-corrected chi connectivity index (χ1v) is 7.77. The van der Waals surface area contributed by atoms with Crippen molar-refractivity contribution in [2.24, 2.45) is 0 Å². The molecule has 14 heavy (non-hydrogen) atoms. The van der Waals surface area contributed by atoms with E-state index >= 15 is 0 Å². The quantitative estimate of drug-likeness (QED) is 0.497. The Morgan fingerprint density at radius 3 is 2.07 bits per heavy atom. The topological polar surface area (TPSA) is 0 Å². The van der Waals surface area contributed by atoms with E-state index in [1.54, 1.807) is 7.76 Å². The van der Waals surface area contributed by atoms with Gasteiger partial charge in [0.25, 0.3) is 0 Å². The summed E-state index contributed by atoms with van der Waals surface area (Å²) in [6, 6.07) is 0. The number of hydrogen-bond acceptors (Lipinski definition) is 0. The minimum absolute atomic E-state index is 1.15. The van der Waals surface area contributed by atoms with Gasteiger partial charge in [0, 0.05) is 0 Å². The average Bonchev–Trinajstić information content (AvgIpc) is 2.87. The van der Waals surface area contributed by atoms with Gasteiger partial charge in [-0.25, -0.2) is 0 Å². The van der Waals surface area contributed by atoms with Crippen LogP contribution in [0.2, 0.25) is 4.73 Å². The zero-order chi connectivity index (χ0) is 9.80. The van der Waals surface area contributed by atoms with E-state index in [-0.39, 0.29) is 0 Å². The molecule has 0 spiro atoms. The van der Waals surface area contributed by atoms with Crippen LogP contribution in [-0.4, -0.2) is 0 Å². The summed E-state index contributed by atoms with van der Waals surface area (Å²) in [5.74, 6) is 0. The molecule has 0 fully saturated rings. The third kappa shape index (κ3) is 2.08. The van der Waals surface area contributed by atoms with E-state index in [1.165, 1.54) is 17.6 Å². The van der Waals surface area contributed by atoms with Crippen LogP contribution in [0.1, 0.15) is 12.8 Å². The Balaban J connectivity index is 2.11. The summed E-state index contributed by atoms with van der Waals surface area (Å²) < 4.78 is 4.65. The van der Waals surface area contributed by atoms with Crippen LogP contribution >= 0.6 is 0 Å².